The molecule has 1 aromatic heterocycles. The minimum absolute atomic E-state index is 0.106. The highest BCUT2D eigenvalue weighted by Gasteiger charge is 2.31. The van der Waals surface area contributed by atoms with Crippen LogP contribution in [0.15, 0.2) is 17.3 Å². The number of carbonyl (C=O) groups is 1. The Morgan fingerprint density at radius 1 is 1.57 bits per heavy atom. The van der Waals surface area contributed by atoms with Gasteiger partial charge >= 0.3 is 5.97 Å². The Morgan fingerprint density at radius 2 is 2.33 bits per heavy atom. The number of hydrogen-bond donors (Lipinski definition) is 2. The summed E-state index contributed by atoms with van der Waals surface area (Å²) < 4.78 is 27.9. The van der Waals surface area contributed by atoms with E-state index in [-0.39, 0.29) is 17.5 Å². The van der Waals surface area contributed by atoms with E-state index in [1.54, 1.807) is 7.05 Å². The van der Waals surface area contributed by atoms with Gasteiger partial charge in [0.15, 0.2) is 5.03 Å². The third-order valence-corrected chi connectivity index (χ3v) is 5.51. The summed E-state index contributed by atoms with van der Waals surface area (Å²) in [4.78, 5) is 10.5. The van der Waals surface area contributed by atoms with Gasteiger partial charge in [0, 0.05) is 20.1 Å². The third kappa shape index (κ3) is 3.80. The Bertz CT molecular complexity index is 598. The first-order valence-corrected chi connectivity index (χ1v) is 8.26. The van der Waals surface area contributed by atoms with Gasteiger partial charge in [0.05, 0.1) is 12.7 Å². The zero-order chi connectivity index (χ0) is 15.5. The molecule has 2 N–H and O–H groups in total. The number of aryl methyl sites for hydroxylation is 1. The molecule has 0 amide bonds. The van der Waals surface area contributed by atoms with E-state index in [4.69, 9.17) is 5.11 Å². The summed E-state index contributed by atoms with van der Waals surface area (Å²) in [5.74, 6) is -0.786. The van der Waals surface area contributed by atoms with Crippen LogP contribution in [0.2, 0.25) is 0 Å². The molecule has 0 radical (unpaired) electrons. The van der Waals surface area contributed by atoms with Crippen LogP contribution in [0, 0.1) is 5.92 Å². The van der Waals surface area contributed by atoms with E-state index in [1.165, 1.54) is 21.3 Å². The predicted molar refractivity (Wildman–Crippen MR) is 75.2 cm³/mol. The fourth-order valence-electron chi connectivity index (χ4n) is 2.54. The number of carboxylic acids is 1. The number of piperidine rings is 1. The van der Waals surface area contributed by atoms with Crippen LogP contribution in [0.1, 0.15) is 12.8 Å². The van der Waals surface area contributed by atoms with E-state index in [2.05, 4.69) is 10.4 Å². The molecule has 118 valence electrons. The molecular formula is C12H20N4O4S. The van der Waals surface area contributed by atoms with Crippen LogP contribution in [0.25, 0.3) is 0 Å². The fraction of sp³-hybridized carbons (Fsp3) is 0.667. The topological polar surface area (TPSA) is 105 Å². The fourth-order valence-corrected chi connectivity index (χ4v) is 4.20. The van der Waals surface area contributed by atoms with E-state index in [9.17, 15) is 13.2 Å². The molecule has 1 saturated heterocycles. The lowest BCUT2D eigenvalue weighted by Crippen LogP contribution is -2.43. The maximum Gasteiger partial charge on any atom is 0.317 e. The Labute approximate surface area is 123 Å². The van der Waals surface area contributed by atoms with E-state index in [0.717, 1.165) is 12.8 Å². The molecular weight excluding hydrogens is 296 g/mol. The van der Waals surface area contributed by atoms with E-state index >= 15 is 0 Å². The second-order valence-corrected chi connectivity index (χ2v) is 7.07. The quantitative estimate of drug-likeness (QED) is 0.733. The van der Waals surface area contributed by atoms with Gasteiger partial charge in [-0.2, -0.15) is 9.40 Å². The van der Waals surface area contributed by atoms with Gasteiger partial charge in [0.1, 0.15) is 0 Å². The van der Waals surface area contributed by atoms with Gasteiger partial charge in [-0.25, -0.2) is 8.42 Å². The summed E-state index contributed by atoms with van der Waals surface area (Å²) in [6.07, 6.45) is 3.13. The van der Waals surface area contributed by atoms with Crippen LogP contribution >= 0.6 is 0 Å². The molecule has 2 heterocycles. The lowest BCUT2D eigenvalue weighted by molar-refractivity contribution is -0.136. The van der Waals surface area contributed by atoms with Gasteiger partial charge in [-0.15, -0.1) is 0 Å². The predicted octanol–water partition coefficient (Wildman–Crippen LogP) is -0.505. The number of aliphatic carboxylic acids is 1. The van der Waals surface area contributed by atoms with Crippen LogP contribution < -0.4 is 5.32 Å². The standard InChI is InChI=1S/C12H20N4O4S/c1-15-11(4-5-14-15)21(19,20)16-6-2-3-10(9-16)7-13-8-12(17)18/h4-5,10,13H,2-3,6-9H2,1H3,(H,17,18). The van der Waals surface area contributed by atoms with Crippen molar-refractivity contribution < 1.29 is 18.3 Å². The summed E-state index contributed by atoms with van der Waals surface area (Å²) in [7, 11) is -1.93. The first-order chi connectivity index (χ1) is 9.91. The van der Waals surface area contributed by atoms with Crippen LogP contribution in [0.3, 0.4) is 0 Å². The first-order valence-electron chi connectivity index (χ1n) is 6.82. The average Bonchev–Trinajstić information content (AvgIpc) is 2.86. The van der Waals surface area contributed by atoms with Crippen LogP contribution in [-0.2, 0) is 21.9 Å². The van der Waals surface area contributed by atoms with Crippen LogP contribution in [-0.4, -0.2) is 59.8 Å². The molecule has 1 aliphatic heterocycles. The molecule has 21 heavy (non-hydrogen) atoms. The van der Waals surface area contributed by atoms with Crippen LogP contribution in [0.5, 0.6) is 0 Å². The SMILES string of the molecule is Cn1nccc1S(=O)(=O)N1CCCC(CNCC(=O)O)C1. The number of hydrogen-bond acceptors (Lipinski definition) is 5. The number of nitrogens with zero attached hydrogens (tertiary/aromatic N) is 3. The second-order valence-electron chi connectivity index (χ2n) is 5.19. The number of nitrogens with one attached hydrogen (secondary N) is 1. The summed E-state index contributed by atoms with van der Waals surface area (Å²) in [6.45, 7) is 1.29. The normalized spacial score (nSPS) is 20.5. The highest BCUT2D eigenvalue weighted by atomic mass is 32.2. The van der Waals surface area contributed by atoms with Crippen molar-refractivity contribution in [2.24, 2.45) is 13.0 Å². The molecule has 0 aromatic carbocycles. The zero-order valence-corrected chi connectivity index (χ0v) is 12.7. The summed E-state index contributed by atoms with van der Waals surface area (Å²) in [5, 5.41) is 15.5. The molecule has 0 aliphatic carbocycles. The largest absolute Gasteiger partial charge is 0.480 e. The summed E-state index contributed by atoms with van der Waals surface area (Å²) in [5.41, 5.74) is 0. The number of aromatic nitrogens is 2. The van der Waals surface area contributed by atoms with Gasteiger partial charge in [0.2, 0.25) is 0 Å². The maximum absolute atomic E-state index is 12.5. The summed E-state index contributed by atoms with van der Waals surface area (Å²) in [6, 6.07) is 1.49. The second kappa shape index (κ2) is 6.54. The van der Waals surface area contributed by atoms with Crippen molar-refractivity contribution in [1.29, 1.82) is 0 Å². The maximum atomic E-state index is 12.5. The molecule has 0 saturated carbocycles. The van der Waals surface area contributed by atoms with E-state index in [1.807, 2.05) is 0 Å². The zero-order valence-electron chi connectivity index (χ0n) is 11.9. The molecule has 1 aromatic rings. The van der Waals surface area contributed by atoms with Gasteiger partial charge in [0.25, 0.3) is 10.0 Å². The monoisotopic (exact) mass is 316 g/mol. The van der Waals surface area contributed by atoms with Crippen molar-refractivity contribution in [2.75, 3.05) is 26.2 Å². The molecule has 1 atom stereocenters. The lowest BCUT2D eigenvalue weighted by Gasteiger charge is -2.31. The van der Waals surface area contributed by atoms with Gasteiger partial charge < -0.3 is 10.4 Å². The van der Waals surface area contributed by atoms with Gasteiger partial charge in [-0.05, 0) is 31.4 Å². The minimum Gasteiger partial charge on any atom is -0.480 e. The number of sulfonamides is 1. The smallest absolute Gasteiger partial charge is 0.317 e. The van der Waals surface area contributed by atoms with Crippen molar-refractivity contribution >= 4 is 16.0 Å². The van der Waals surface area contributed by atoms with Gasteiger partial charge in [-0.3, -0.25) is 9.48 Å². The Morgan fingerprint density at radius 3 is 2.95 bits per heavy atom. The molecule has 0 spiro atoms. The van der Waals surface area contributed by atoms with Crippen LogP contribution in [0.4, 0.5) is 0 Å². The molecule has 0 bridgehead atoms. The number of rotatable bonds is 6. The summed E-state index contributed by atoms with van der Waals surface area (Å²) >= 11 is 0. The van der Waals surface area contributed by atoms with Crippen molar-refractivity contribution in [1.82, 2.24) is 19.4 Å². The highest BCUT2D eigenvalue weighted by Crippen LogP contribution is 2.22. The lowest BCUT2D eigenvalue weighted by atomic mass is 10.00. The highest BCUT2D eigenvalue weighted by molar-refractivity contribution is 7.89. The van der Waals surface area contributed by atoms with Crippen molar-refractivity contribution in [3.8, 4) is 0 Å². The average molecular weight is 316 g/mol. The van der Waals surface area contributed by atoms with Crippen molar-refractivity contribution in [2.45, 2.75) is 17.9 Å². The molecule has 2 rings (SSSR count). The molecule has 8 nitrogen and oxygen atoms in total. The molecule has 1 fully saturated rings. The molecule has 9 heteroatoms. The van der Waals surface area contributed by atoms with Crippen molar-refractivity contribution in [3.05, 3.63) is 12.3 Å². The Balaban J connectivity index is 2.00. The molecule has 1 unspecified atom stereocenters. The minimum atomic E-state index is -3.53. The first kappa shape index (κ1) is 15.9. The van der Waals surface area contributed by atoms with Crippen molar-refractivity contribution in [3.63, 3.8) is 0 Å². The van der Waals surface area contributed by atoms with E-state index in [0.29, 0.717) is 19.6 Å². The third-order valence-electron chi connectivity index (χ3n) is 3.57. The van der Waals surface area contributed by atoms with E-state index < -0.39 is 16.0 Å². The number of carboxylic acid groups (broad SMARTS) is 1. The Kier molecular flexibility index (Phi) is 4.96. The van der Waals surface area contributed by atoms with Gasteiger partial charge in [-0.1, -0.05) is 0 Å². The Hall–Kier alpha value is -1.45. The molecule has 1 aliphatic rings.